The number of nitrogens with one attached hydrogen (secondary N) is 2. The van der Waals surface area contributed by atoms with Gasteiger partial charge in [0.25, 0.3) is 5.91 Å². The summed E-state index contributed by atoms with van der Waals surface area (Å²) in [5.41, 5.74) is 1.50. The second kappa shape index (κ2) is 9.13. The number of carbonyl (C=O) groups excluding carboxylic acids is 1. The number of sulfonamides is 1. The summed E-state index contributed by atoms with van der Waals surface area (Å²) in [5.74, 6) is -0.0158. The Morgan fingerprint density at radius 2 is 2.07 bits per heavy atom. The summed E-state index contributed by atoms with van der Waals surface area (Å²) in [4.78, 5) is 12.8. The van der Waals surface area contributed by atoms with Crippen LogP contribution >= 0.6 is 11.6 Å². The normalized spacial score (nSPS) is 16.6. The fourth-order valence-electron chi connectivity index (χ4n) is 2.96. The number of benzene rings is 2. The molecule has 1 unspecified atom stereocenters. The first-order valence-corrected chi connectivity index (χ1v) is 11.1. The molecule has 1 fully saturated rings. The molecule has 0 spiro atoms. The lowest BCUT2D eigenvalue weighted by atomic mass is 10.1. The molecule has 0 aromatic heterocycles. The first kappa shape index (κ1) is 21.6. The summed E-state index contributed by atoms with van der Waals surface area (Å²) >= 11 is 6.14. The summed E-state index contributed by atoms with van der Waals surface area (Å²) in [6.45, 7) is 3.05. The smallest absolute Gasteiger partial charge is 0.257 e. The Morgan fingerprint density at radius 1 is 1.28 bits per heavy atom. The molecule has 9 heteroatoms. The second-order valence-corrected chi connectivity index (χ2v) is 9.04. The average Bonchev–Trinajstić information content (AvgIpc) is 3.21. The van der Waals surface area contributed by atoms with Crippen LogP contribution in [-0.2, 0) is 14.8 Å². The maximum Gasteiger partial charge on any atom is 0.257 e. The van der Waals surface area contributed by atoms with Crippen LogP contribution in [0.4, 0.5) is 5.69 Å². The van der Waals surface area contributed by atoms with E-state index >= 15 is 0 Å². The standard InChI is InChI=1S/C20H23ClN2O5S/c1-13-5-8-18(19(10-13)28-12-14-4-3-9-27-14)23-20(24)16-11-15(6-7-17(16)21)29(25,26)22-2/h5-8,10-11,14,22H,3-4,9,12H2,1-2H3,(H,23,24). The van der Waals surface area contributed by atoms with Gasteiger partial charge >= 0.3 is 0 Å². The predicted molar refractivity (Wildman–Crippen MR) is 111 cm³/mol. The van der Waals surface area contributed by atoms with Crippen LogP contribution in [0.2, 0.25) is 5.02 Å². The van der Waals surface area contributed by atoms with Crippen molar-refractivity contribution in [3.63, 3.8) is 0 Å². The van der Waals surface area contributed by atoms with Crippen LogP contribution < -0.4 is 14.8 Å². The van der Waals surface area contributed by atoms with Crippen LogP contribution in [0.3, 0.4) is 0 Å². The van der Waals surface area contributed by atoms with Crippen molar-refractivity contribution in [3.05, 3.63) is 52.5 Å². The number of rotatable bonds is 7. The summed E-state index contributed by atoms with van der Waals surface area (Å²) in [7, 11) is -2.40. The van der Waals surface area contributed by atoms with Crippen LogP contribution in [0.5, 0.6) is 5.75 Å². The fourth-order valence-corrected chi connectivity index (χ4v) is 3.92. The Kier molecular flexibility index (Phi) is 6.79. The summed E-state index contributed by atoms with van der Waals surface area (Å²) in [5, 5.41) is 2.91. The molecule has 7 nitrogen and oxygen atoms in total. The van der Waals surface area contributed by atoms with Gasteiger partial charge in [-0.05, 0) is 62.7 Å². The Labute approximate surface area is 175 Å². The lowest BCUT2D eigenvalue weighted by molar-refractivity contribution is 0.0681. The monoisotopic (exact) mass is 438 g/mol. The van der Waals surface area contributed by atoms with Crippen molar-refractivity contribution in [1.29, 1.82) is 0 Å². The molecule has 0 saturated carbocycles. The van der Waals surface area contributed by atoms with Crippen molar-refractivity contribution in [2.24, 2.45) is 0 Å². The van der Waals surface area contributed by atoms with Crippen LogP contribution in [0.1, 0.15) is 28.8 Å². The van der Waals surface area contributed by atoms with E-state index in [2.05, 4.69) is 10.0 Å². The van der Waals surface area contributed by atoms with E-state index in [9.17, 15) is 13.2 Å². The van der Waals surface area contributed by atoms with E-state index in [-0.39, 0.29) is 21.6 Å². The first-order valence-electron chi connectivity index (χ1n) is 9.19. The second-order valence-electron chi connectivity index (χ2n) is 6.75. The number of halogens is 1. The summed E-state index contributed by atoms with van der Waals surface area (Å²) in [6.07, 6.45) is 1.99. The van der Waals surface area contributed by atoms with E-state index in [0.29, 0.717) is 18.0 Å². The fraction of sp³-hybridized carbons (Fsp3) is 0.350. The third kappa shape index (κ3) is 5.27. The molecule has 2 N–H and O–H groups in total. The Balaban J connectivity index is 1.82. The molecule has 1 aliphatic rings. The lowest BCUT2D eigenvalue weighted by Crippen LogP contribution is -2.20. The van der Waals surface area contributed by atoms with Gasteiger partial charge in [0.1, 0.15) is 12.4 Å². The van der Waals surface area contributed by atoms with Crippen molar-refractivity contribution >= 4 is 33.2 Å². The number of hydrogen-bond acceptors (Lipinski definition) is 5. The molecular weight excluding hydrogens is 416 g/mol. The zero-order valence-electron chi connectivity index (χ0n) is 16.2. The highest BCUT2D eigenvalue weighted by Gasteiger charge is 2.20. The van der Waals surface area contributed by atoms with Crippen LogP contribution in [0.25, 0.3) is 0 Å². The van der Waals surface area contributed by atoms with Gasteiger partial charge in [0.2, 0.25) is 10.0 Å². The van der Waals surface area contributed by atoms with Gasteiger partial charge in [-0.25, -0.2) is 13.1 Å². The van der Waals surface area contributed by atoms with Gasteiger partial charge in [0, 0.05) is 6.61 Å². The minimum absolute atomic E-state index is 0.0388. The highest BCUT2D eigenvalue weighted by atomic mass is 35.5. The Morgan fingerprint density at radius 3 is 2.76 bits per heavy atom. The van der Waals surface area contributed by atoms with Crippen LogP contribution in [0, 0.1) is 6.92 Å². The highest BCUT2D eigenvalue weighted by molar-refractivity contribution is 7.89. The number of amides is 1. The number of anilines is 1. The minimum atomic E-state index is -3.70. The topological polar surface area (TPSA) is 93.7 Å². The van der Waals surface area contributed by atoms with Crippen LogP contribution in [0.15, 0.2) is 41.3 Å². The molecule has 29 heavy (non-hydrogen) atoms. The largest absolute Gasteiger partial charge is 0.489 e. The molecule has 1 amide bonds. The number of carbonyl (C=O) groups is 1. The van der Waals surface area contributed by atoms with Gasteiger partial charge in [0.15, 0.2) is 0 Å². The summed E-state index contributed by atoms with van der Waals surface area (Å²) < 4.78 is 37.7. The molecule has 2 aromatic rings. The average molecular weight is 439 g/mol. The molecular formula is C20H23ClN2O5S. The van der Waals surface area contributed by atoms with E-state index in [1.54, 1.807) is 6.07 Å². The molecule has 0 aliphatic carbocycles. The number of ether oxygens (including phenoxy) is 2. The SMILES string of the molecule is CNS(=O)(=O)c1ccc(Cl)c(C(=O)Nc2ccc(C)cc2OCC2CCCO2)c1. The molecule has 3 rings (SSSR count). The third-order valence-electron chi connectivity index (χ3n) is 4.60. The predicted octanol–water partition coefficient (Wildman–Crippen LogP) is 3.37. The van der Waals surface area contributed by atoms with Crippen molar-refractivity contribution in [2.75, 3.05) is 25.6 Å². The minimum Gasteiger partial charge on any atom is -0.489 e. The van der Waals surface area contributed by atoms with Crippen molar-refractivity contribution in [2.45, 2.75) is 30.8 Å². The van der Waals surface area contributed by atoms with E-state index in [4.69, 9.17) is 21.1 Å². The van der Waals surface area contributed by atoms with Crippen molar-refractivity contribution in [1.82, 2.24) is 4.72 Å². The molecule has 156 valence electrons. The van der Waals surface area contributed by atoms with Gasteiger partial charge in [-0.15, -0.1) is 0 Å². The molecule has 1 aliphatic heterocycles. The molecule has 2 aromatic carbocycles. The van der Waals surface area contributed by atoms with Gasteiger partial charge in [-0.1, -0.05) is 17.7 Å². The number of aryl methyl sites for hydroxylation is 1. The Bertz CT molecular complexity index is 1000. The third-order valence-corrected chi connectivity index (χ3v) is 6.34. The molecule has 0 radical (unpaired) electrons. The van der Waals surface area contributed by atoms with E-state index < -0.39 is 15.9 Å². The van der Waals surface area contributed by atoms with Gasteiger partial charge < -0.3 is 14.8 Å². The van der Waals surface area contributed by atoms with E-state index in [0.717, 1.165) is 25.0 Å². The lowest BCUT2D eigenvalue weighted by Gasteiger charge is -2.16. The zero-order valence-corrected chi connectivity index (χ0v) is 17.8. The first-order chi connectivity index (χ1) is 13.8. The Hall–Kier alpha value is -2.13. The van der Waals surface area contributed by atoms with Crippen molar-refractivity contribution in [3.8, 4) is 5.75 Å². The maximum absolute atomic E-state index is 12.8. The molecule has 1 heterocycles. The maximum atomic E-state index is 12.8. The molecule has 1 saturated heterocycles. The molecule has 1 atom stereocenters. The van der Waals surface area contributed by atoms with E-state index in [1.807, 2.05) is 19.1 Å². The van der Waals surface area contributed by atoms with Crippen molar-refractivity contribution < 1.29 is 22.7 Å². The quantitative estimate of drug-likeness (QED) is 0.691. The van der Waals surface area contributed by atoms with Gasteiger partial charge in [-0.2, -0.15) is 0 Å². The number of hydrogen-bond donors (Lipinski definition) is 2. The van der Waals surface area contributed by atoms with Crippen LogP contribution in [-0.4, -0.2) is 40.7 Å². The van der Waals surface area contributed by atoms with Gasteiger partial charge in [-0.3, -0.25) is 4.79 Å². The summed E-state index contributed by atoms with van der Waals surface area (Å²) in [6, 6.07) is 9.37. The molecule has 0 bridgehead atoms. The highest BCUT2D eigenvalue weighted by Crippen LogP contribution is 2.29. The van der Waals surface area contributed by atoms with Gasteiger partial charge in [0.05, 0.1) is 27.3 Å². The van der Waals surface area contributed by atoms with E-state index in [1.165, 1.54) is 25.2 Å². The zero-order chi connectivity index (χ0) is 21.0.